The highest BCUT2D eigenvalue weighted by atomic mass is 19.4. The molecule has 2 aromatic carbocycles. The molecule has 0 fully saturated rings. The SMILES string of the molecule is Cn1cnc2ccc(C3=CCN(Cc4cc(F)cc(C(F)(F)F)c4)C3)cc21. The first kappa shape index (κ1) is 17.7. The predicted molar refractivity (Wildman–Crippen MR) is 95.4 cm³/mol. The second-order valence-electron chi connectivity index (χ2n) is 6.80. The van der Waals surface area contributed by atoms with Crippen LogP contribution in [0.5, 0.6) is 0 Å². The van der Waals surface area contributed by atoms with E-state index in [9.17, 15) is 17.6 Å². The van der Waals surface area contributed by atoms with Gasteiger partial charge in [-0.15, -0.1) is 0 Å². The van der Waals surface area contributed by atoms with Gasteiger partial charge in [-0.05, 0) is 47.0 Å². The molecule has 0 aliphatic carbocycles. The first-order chi connectivity index (χ1) is 12.8. The molecule has 0 saturated carbocycles. The summed E-state index contributed by atoms with van der Waals surface area (Å²) in [7, 11) is 1.93. The van der Waals surface area contributed by atoms with Crippen LogP contribution in [0.2, 0.25) is 0 Å². The number of halogens is 4. The summed E-state index contributed by atoms with van der Waals surface area (Å²) < 4.78 is 54.2. The minimum atomic E-state index is -4.55. The summed E-state index contributed by atoms with van der Waals surface area (Å²) in [5.41, 5.74) is 3.46. The lowest BCUT2D eigenvalue weighted by molar-refractivity contribution is -0.137. The maximum Gasteiger partial charge on any atom is 0.416 e. The highest BCUT2D eigenvalue weighted by Crippen LogP contribution is 2.31. The number of alkyl halides is 3. The lowest BCUT2D eigenvalue weighted by atomic mass is 10.1. The fraction of sp³-hybridized carbons (Fsp3) is 0.250. The summed E-state index contributed by atoms with van der Waals surface area (Å²) in [6, 6.07) is 8.71. The molecule has 0 spiro atoms. The van der Waals surface area contributed by atoms with Crippen molar-refractivity contribution in [2.24, 2.45) is 7.05 Å². The molecule has 3 aromatic rings. The molecule has 0 unspecified atom stereocenters. The van der Waals surface area contributed by atoms with Gasteiger partial charge in [0.15, 0.2) is 0 Å². The fourth-order valence-corrected chi connectivity index (χ4v) is 3.43. The third kappa shape index (κ3) is 3.60. The van der Waals surface area contributed by atoms with E-state index >= 15 is 0 Å². The third-order valence-corrected chi connectivity index (χ3v) is 4.78. The minimum Gasteiger partial charge on any atom is -0.334 e. The van der Waals surface area contributed by atoms with Crippen molar-refractivity contribution in [1.82, 2.24) is 14.5 Å². The number of benzene rings is 2. The molecule has 4 rings (SSSR count). The summed E-state index contributed by atoms with van der Waals surface area (Å²) in [5, 5.41) is 0. The molecule has 0 bridgehead atoms. The quantitative estimate of drug-likeness (QED) is 0.623. The number of rotatable bonds is 3. The molecule has 3 nitrogen and oxygen atoms in total. The summed E-state index contributed by atoms with van der Waals surface area (Å²) in [4.78, 5) is 6.28. The van der Waals surface area contributed by atoms with Crippen LogP contribution in [0.15, 0.2) is 48.8 Å². The van der Waals surface area contributed by atoms with Crippen LogP contribution >= 0.6 is 0 Å². The van der Waals surface area contributed by atoms with Gasteiger partial charge < -0.3 is 4.57 Å². The Morgan fingerprint density at radius 2 is 1.93 bits per heavy atom. The topological polar surface area (TPSA) is 21.1 Å². The Morgan fingerprint density at radius 1 is 1.11 bits per heavy atom. The van der Waals surface area contributed by atoms with Gasteiger partial charge in [-0.2, -0.15) is 13.2 Å². The molecule has 0 saturated heterocycles. The molecule has 1 aliphatic heterocycles. The van der Waals surface area contributed by atoms with Crippen molar-refractivity contribution in [2.75, 3.05) is 13.1 Å². The van der Waals surface area contributed by atoms with Crippen LogP contribution in [0.1, 0.15) is 16.7 Å². The van der Waals surface area contributed by atoms with E-state index in [1.807, 2.05) is 28.6 Å². The number of nitrogens with zero attached hydrogens (tertiary/aromatic N) is 3. The number of hydrogen-bond donors (Lipinski definition) is 0. The van der Waals surface area contributed by atoms with Gasteiger partial charge in [-0.1, -0.05) is 12.1 Å². The van der Waals surface area contributed by atoms with Crippen LogP contribution in [0.4, 0.5) is 17.6 Å². The van der Waals surface area contributed by atoms with Crippen LogP contribution in [0.3, 0.4) is 0 Å². The van der Waals surface area contributed by atoms with E-state index in [0.29, 0.717) is 24.7 Å². The van der Waals surface area contributed by atoms with Gasteiger partial charge in [-0.3, -0.25) is 4.90 Å². The monoisotopic (exact) mass is 375 g/mol. The molecule has 0 amide bonds. The number of hydrogen-bond acceptors (Lipinski definition) is 2. The fourth-order valence-electron chi connectivity index (χ4n) is 3.43. The van der Waals surface area contributed by atoms with E-state index in [2.05, 4.69) is 17.1 Å². The van der Waals surface area contributed by atoms with Crippen LogP contribution in [-0.2, 0) is 19.8 Å². The van der Waals surface area contributed by atoms with Crippen molar-refractivity contribution in [3.63, 3.8) is 0 Å². The molecule has 1 aromatic heterocycles. The Bertz CT molecular complexity index is 1030. The Balaban J connectivity index is 1.51. The lowest BCUT2D eigenvalue weighted by Crippen LogP contribution is -2.20. The van der Waals surface area contributed by atoms with Gasteiger partial charge in [0.2, 0.25) is 0 Å². The number of imidazole rings is 1. The van der Waals surface area contributed by atoms with Crippen LogP contribution in [-0.4, -0.2) is 27.5 Å². The van der Waals surface area contributed by atoms with Gasteiger partial charge >= 0.3 is 6.18 Å². The van der Waals surface area contributed by atoms with Crippen molar-refractivity contribution in [2.45, 2.75) is 12.7 Å². The first-order valence-electron chi connectivity index (χ1n) is 8.49. The van der Waals surface area contributed by atoms with Crippen molar-refractivity contribution < 1.29 is 17.6 Å². The molecule has 0 atom stereocenters. The molecule has 140 valence electrons. The van der Waals surface area contributed by atoms with E-state index in [1.165, 1.54) is 0 Å². The Morgan fingerprint density at radius 3 is 2.70 bits per heavy atom. The maximum atomic E-state index is 13.6. The molecule has 0 N–H and O–H groups in total. The maximum absolute atomic E-state index is 13.6. The average molecular weight is 375 g/mol. The number of aryl methyl sites for hydroxylation is 1. The zero-order chi connectivity index (χ0) is 19.2. The van der Waals surface area contributed by atoms with Crippen LogP contribution in [0, 0.1) is 5.82 Å². The second kappa shape index (κ2) is 6.49. The summed E-state index contributed by atoms with van der Waals surface area (Å²) >= 11 is 0. The summed E-state index contributed by atoms with van der Waals surface area (Å²) in [6.07, 6.45) is -0.739. The molecular formula is C20H17F4N3. The van der Waals surface area contributed by atoms with Gasteiger partial charge in [0.1, 0.15) is 5.82 Å². The number of aromatic nitrogens is 2. The summed E-state index contributed by atoms with van der Waals surface area (Å²) in [6.45, 7) is 1.46. The van der Waals surface area contributed by atoms with E-state index in [0.717, 1.165) is 34.3 Å². The smallest absolute Gasteiger partial charge is 0.334 e. The van der Waals surface area contributed by atoms with E-state index in [4.69, 9.17) is 0 Å². The van der Waals surface area contributed by atoms with Gasteiger partial charge in [0.25, 0.3) is 0 Å². The Hall–Kier alpha value is -2.67. The molecular weight excluding hydrogens is 358 g/mol. The van der Waals surface area contributed by atoms with Crippen molar-refractivity contribution >= 4 is 16.6 Å². The molecule has 0 radical (unpaired) electrons. The van der Waals surface area contributed by atoms with Gasteiger partial charge in [0, 0.05) is 26.7 Å². The van der Waals surface area contributed by atoms with Crippen LogP contribution in [0.25, 0.3) is 16.6 Å². The Labute approximate surface area is 153 Å². The van der Waals surface area contributed by atoms with Gasteiger partial charge in [0.05, 0.1) is 22.9 Å². The highest BCUT2D eigenvalue weighted by molar-refractivity contribution is 5.82. The molecule has 7 heteroatoms. The molecule has 1 aliphatic rings. The lowest BCUT2D eigenvalue weighted by Gasteiger charge is -2.17. The first-order valence-corrected chi connectivity index (χ1v) is 8.49. The standard InChI is InChI=1S/C20H17F4N3/c1-26-12-25-18-3-2-14(8-19(18)26)15-4-5-27(11-15)10-13-6-16(20(22,23)24)9-17(21)7-13/h2-4,6-9,12H,5,10-11H2,1H3. The largest absolute Gasteiger partial charge is 0.416 e. The van der Waals surface area contributed by atoms with Crippen molar-refractivity contribution in [1.29, 1.82) is 0 Å². The van der Waals surface area contributed by atoms with Crippen molar-refractivity contribution in [3.05, 3.63) is 71.3 Å². The summed E-state index contributed by atoms with van der Waals surface area (Å²) in [5.74, 6) is -0.867. The van der Waals surface area contributed by atoms with Gasteiger partial charge in [-0.25, -0.2) is 9.37 Å². The van der Waals surface area contributed by atoms with E-state index in [1.54, 1.807) is 6.33 Å². The number of fused-ring (bicyclic) bond motifs is 1. The molecule has 2 heterocycles. The second-order valence-corrected chi connectivity index (χ2v) is 6.80. The molecule has 27 heavy (non-hydrogen) atoms. The highest BCUT2D eigenvalue weighted by Gasteiger charge is 2.31. The third-order valence-electron chi connectivity index (χ3n) is 4.78. The average Bonchev–Trinajstić information content (AvgIpc) is 3.20. The van der Waals surface area contributed by atoms with E-state index in [-0.39, 0.29) is 6.54 Å². The zero-order valence-corrected chi connectivity index (χ0v) is 14.6. The van der Waals surface area contributed by atoms with Crippen molar-refractivity contribution in [3.8, 4) is 0 Å². The Kier molecular flexibility index (Phi) is 4.26. The normalized spacial score (nSPS) is 15.5. The minimum absolute atomic E-state index is 0.259. The zero-order valence-electron chi connectivity index (χ0n) is 14.6. The predicted octanol–water partition coefficient (Wildman–Crippen LogP) is 4.63. The van der Waals surface area contributed by atoms with E-state index < -0.39 is 17.6 Å². The van der Waals surface area contributed by atoms with Crippen LogP contribution < -0.4 is 0 Å².